The molecule has 0 heterocycles. The van der Waals surface area contributed by atoms with Gasteiger partial charge in [0.05, 0.1) is 16.7 Å². The number of ether oxygens (including phenoxy) is 1. The second-order valence-corrected chi connectivity index (χ2v) is 6.00. The molecule has 0 aliphatic carbocycles. The Morgan fingerprint density at radius 1 is 1.00 bits per heavy atom. The summed E-state index contributed by atoms with van der Waals surface area (Å²) in [7, 11) is 0. The van der Waals surface area contributed by atoms with Crippen molar-refractivity contribution in [1.82, 2.24) is 0 Å². The van der Waals surface area contributed by atoms with Crippen molar-refractivity contribution in [3.8, 4) is 11.8 Å². The molecule has 0 aliphatic rings. The molecule has 0 amide bonds. The monoisotopic (exact) mass is 377 g/mol. The molecular weight excluding hydrogens is 365 g/mol. The molecule has 0 aromatic heterocycles. The zero-order valence-electron chi connectivity index (χ0n) is 14.0. The summed E-state index contributed by atoms with van der Waals surface area (Å²) in [5.74, 6) is -1.37. The number of hydrogen-bond donors (Lipinski definition) is 0. The van der Waals surface area contributed by atoms with Gasteiger partial charge in [-0.15, -0.1) is 0 Å². The molecular formula is C22H13ClFNO2. The van der Waals surface area contributed by atoms with E-state index in [9.17, 15) is 14.4 Å². The average molecular weight is 378 g/mol. The number of hydrogen-bond acceptors (Lipinski definition) is 3. The minimum atomic E-state index is -0.872. The van der Waals surface area contributed by atoms with E-state index in [1.807, 2.05) is 30.3 Å². The van der Waals surface area contributed by atoms with Crippen LogP contribution in [0.2, 0.25) is 5.02 Å². The Labute approximate surface area is 160 Å². The van der Waals surface area contributed by atoms with Crippen LogP contribution < -0.4 is 4.74 Å². The van der Waals surface area contributed by atoms with Crippen LogP contribution in [0.25, 0.3) is 11.6 Å². The van der Waals surface area contributed by atoms with E-state index >= 15 is 0 Å². The van der Waals surface area contributed by atoms with Gasteiger partial charge in [0, 0.05) is 0 Å². The Kier molecular flexibility index (Phi) is 5.65. The molecule has 0 fully saturated rings. The third-order valence-electron chi connectivity index (χ3n) is 3.77. The van der Waals surface area contributed by atoms with Gasteiger partial charge in [-0.1, -0.05) is 60.1 Å². The highest BCUT2D eigenvalue weighted by Gasteiger charge is 2.17. The third kappa shape index (κ3) is 4.41. The van der Waals surface area contributed by atoms with E-state index in [1.165, 1.54) is 12.1 Å². The van der Waals surface area contributed by atoms with E-state index in [4.69, 9.17) is 16.3 Å². The number of nitrogens with zero attached hydrogens (tertiary/aromatic N) is 1. The van der Waals surface area contributed by atoms with E-state index in [1.54, 1.807) is 30.3 Å². The normalized spacial score (nSPS) is 10.9. The summed E-state index contributed by atoms with van der Waals surface area (Å²) < 4.78 is 19.0. The van der Waals surface area contributed by atoms with Crippen LogP contribution in [0, 0.1) is 17.1 Å². The molecule has 0 unspecified atom stereocenters. The van der Waals surface area contributed by atoms with Gasteiger partial charge in [-0.2, -0.15) is 5.26 Å². The number of allylic oxidation sites excluding steroid dienone is 1. The summed E-state index contributed by atoms with van der Waals surface area (Å²) in [6, 6.07) is 22.0. The average Bonchev–Trinajstić information content (AvgIpc) is 2.68. The number of carbonyl (C=O) groups excluding carboxylic acids is 1. The summed E-state index contributed by atoms with van der Waals surface area (Å²) in [6.07, 6.45) is 1.73. The van der Waals surface area contributed by atoms with Crippen molar-refractivity contribution in [2.24, 2.45) is 0 Å². The Bertz CT molecular complexity index is 1020. The Balaban J connectivity index is 1.79. The third-order valence-corrected chi connectivity index (χ3v) is 4.09. The lowest BCUT2D eigenvalue weighted by Crippen LogP contribution is -2.11. The molecule has 0 saturated heterocycles. The van der Waals surface area contributed by atoms with Gasteiger partial charge in [0.2, 0.25) is 0 Å². The van der Waals surface area contributed by atoms with Crippen molar-refractivity contribution in [2.75, 3.05) is 0 Å². The highest BCUT2D eigenvalue weighted by atomic mass is 35.5. The zero-order valence-corrected chi connectivity index (χ0v) is 14.8. The van der Waals surface area contributed by atoms with Gasteiger partial charge < -0.3 is 4.74 Å². The summed E-state index contributed by atoms with van der Waals surface area (Å²) >= 11 is 5.87. The van der Waals surface area contributed by atoms with Crippen LogP contribution in [0.15, 0.2) is 72.8 Å². The van der Waals surface area contributed by atoms with Crippen molar-refractivity contribution >= 4 is 29.2 Å². The molecule has 0 N–H and O–H groups in total. The lowest BCUT2D eigenvalue weighted by atomic mass is 10.0. The first-order valence-electron chi connectivity index (χ1n) is 8.02. The van der Waals surface area contributed by atoms with Crippen LogP contribution in [0.1, 0.15) is 21.5 Å². The second kappa shape index (κ2) is 8.31. The highest BCUT2D eigenvalue weighted by Crippen LogP contribution is 2.23. The largest absolute Gasteiger partial charge is 0.423 e. The Hall–Kier alpha value is -3.42. The van der Waals surface area contributed by atoms with Gasteiger partial charge in [0.25, 0.3) is 0 Å². The fourth-order valence-electron chi connectivity index (χ4n) is 2.45. The molecule has 27 heavy (non-hydrogen) atoms. The topological polar surface area (TPSA) is 50.1 Å². The van der Waals surface area contributed by atoms with Crippen LogP contribution in [-0.2, 0) is 0 Å². The summed E-state index contributed by atoms with van der Waals surface area (Å²) in [6.45, 7) is 0. The lowest BCUT2D eigenvalue weighted by molar-refractivity contribution is 0.0730. The van der Waals surface area contributed by atoms with Crippen LogP contribution in [-0.4, -0.2) is 5.97 Å². The quantitative estimate of drug-likeness (QED) is 0.251. The van der Waals surface area contributed by atoms with E-state index in [-0.39, 0.29) is 16.3 Å². The van der Waals surface area contributed by atoms with Crippen LogP contribution in [0.5, 0.6) is 5.75 Å². The van der Waals surface area contributed by atoms with Crippen molar-refractivity contribution in [3.05, 3.63) is 100 Å². The molecule has 0 spiro atoms. The van der Waals surface area contributed by atoms with Crippen molar-refractivity contribution < 1.29 is 13.9 Å². The molecule has 0 radical (unpaired) electrons. The maximum atomic E-state index is 13.8. The van der Waals surface area contributed by atoms with Gasteiger partial charge >= 0.3 is 5.97 Å². The van der Waals surface area contributed by atoms with Crippen LogP contribution in [0.4, 0.5) is 4.39 Å². The van der Waals surface area contributed by atoms with Gasteiger partial charge in [-0.05, 0) is 41.5 Å². The molecule has 5 heteroatoms. The van der Waals surface area contributed by atoms with E-state index < -0.39 is 11.8 Å². The number of halogens is 2. The minimum Gasteiger partial charge on any atom is -0.423 e. The van der Waals surface area contributed by atoms with Crippen molar-refractivity contribution in [3.63, 3.8) is 0 Å². The summed E-state index contributed by atoms with van der Waals surface area (Å²) in [5, 5.41) is 9.34. The molecule has 3 aromatic rings. The van der Waals surface area contributed by atoms with Gasteiger partial charge in [-0.25, -0.2) is 9.18 Å². The van der Waals surface area contributed by atoms with Gasteiger partial charge in [0.1, 0.15) is 17.1 Å². The first-order valence-corrected chi connectivity index (χ1v) is 8.40. The zero-order chi connectivity index (χ0) is 19.2. The Morgan fingerprint density at radius 3 is 2.33 bits per heavy atom. The molecule has 0 bridgehead atoms. The molecule has 3 rings (SSSR count). The maximum absolute atomic E-state index is 13.8. The van der Waals surface area contributed by atoms with Crippen molar-refractivity contribution in [1.29, 1.82) is 5.26 Å². The number of carbonyl (C=O) groups is 1. The second-order valence-electron chi connectivity index (χ2n) is 5.59. The highest BCUT2D eigenvalue weighted by molar-refractivity contribution is 6.33. The standard InChI is InChI=1S/C22H13ClFNO2/c23-19-7-4-8-20(24)21(19)22(26)27-18-11-9-15(10-12-18)13-17(14-25)16-5-2-1-3-6-16/h1-13H/b17-13-. The number of nitriles is 1. The van der Waals surface area contributed by atoms with E-state index in [2.05, 4.69) is 6.07 Å². The van der Waals surface area contributed by atoms with Crippen LogP contribution in [0.3, 0.4) is 0 Å². The first-order chi connectivity index (χ1) is 13.1. The van der Waals surface area contributed by atoms with Crippen LogP contribution >= 0.6 is 11.6 Å². The Morgan fingerprint density at radius 2 is 1.70 bits per heavy atom. The predicted molar refractivity (Wildman–Crippen MR) is 103 cm³/mol. The first kappa shape index (κ1) is 18.4. The molecule has 132 valence electrons. The number of rotatable bonds is 4. The minimum absolute atomic E-state index is 0.0129. The van der Waals surface area contributed by atoms with Gasteiger partial charge in [-0.3, -0.25) is 0 Å². The lowest BCUT2D eigenvalue weighted by Gasteiger charge is -2.07. The fourth-order valence-corrected chi connectivity index (χ4v) is 2.69. The van der Waals surface area contributed by atoms with Crippen molar-refractivity contribution in [2.45, 2.75) is 0 Å². The molecule has 3 nitrogen and oxygen atoms in total. The van der Waals surface area contributed by atoms with E-state index in [0.29, 0.717) is 5.57 Å². The number of benzene rings is 3. The predicted octanol–water partition coefficient (Wildman–Crippen LogP) is 5.76. The smallest absolute Gasteiger partial charge is 0.348 e. The summed E-state index contributed by atoms with van der Waals surface area (Å²) in [5.41, 5.74) is 1.78. The SMILES string of the molecule is N#C/C(=C/c1ccc(OC(=O)c2c(F)cccc2Cl)cc1)c1ccccc1. The fraction of sp³-hybridized carbons (Fsp3) is 0. The number of esters is 1. The molecule has 3 aromatic carbocycles. The molecule has 0 atom stereocenters. The van der Waals surface area contributed by atoms with Gasteiger partial charge in [0.15, 0.2) is 0 Å². The van der Waals surface area contributed by atoms with E-state index in [0.717, 1.165) is 17.2 Å². The molecule has 0 aliphatic heterocycles. The summed E-state index contributed by atoms with van der Waals surface area (Å²) in [4.78, 5) is 12.1. The maximum Gasteiger partial charge on any atom is 0.348 e. The molecule has 0 saturated carbocycles.